The van der Waals surface area contributed by atoms with Crippen LogP contribution in [0.3, 0.4) is 0 Å². The smallest absolute Gasteiger partial charge is 0.462 e. The van der Waals surface area contributed by atoms with Crippen LogP contribution in [0.1, 0.15) is 311 Å². The molecular formula is C66H124O17P2. The second kappa shape index (κ2) is 59.2. The van der Waals surface area contributed by atoms with E-state index in [4.69, 9.17) is 37.0 Å². The second-order valence-electron chi connectivity index (χ2n) is 23.4. The number of carbonyl (C=O) groups is 4. The van der Waals surface area contributed by atoms with E-state index in [-0.39, 0.29) is 25.7 Å². The lowest BCUT2D eigenvalue weighted by Crippen LogP contribution is -2.30. The van der Waals surface area contributed by atoms with Crippen molar-refractivity contribution in [3.8, 4) is 0 Å². The summed E-state index contributed by atoms with van der Waals surface area (Å²) >= 11 is 0. The van der Waals surface area contributed by atoms with E-state index in [1.54, 1.807) is 0 Å². The molecule has 0 radical (unpaired) electrons. The maximum absolute atomic E-state index is 13.0. The summed E-state index contributed by atoms with van der Waals surface area (Å²) < 4.78 is 68.0. The topological polar surface area (TPSA) is 237 Å². The molecule has 0 aliphatic carbocycles. The number of carbonyl (C=O) groups excluding carboxylic acids is 4. The lowest BCUT2D eigenvalue weighted by molar-refractivity contribution is -0.161. The van der Waals surface area contributed by atoms with Crippen LogP contribution in [0.4, 0.5) is 0 Å². The molecule has 0 rings (SSSR count). The summed E-state index contributed by atoms with van der Waals surface area (Å²) in [6.07, 6.45) is 46.7. The first-order chi connectivity index (χ1) is 41.1. The molecule has 19 heteroatoms. The molecule has 0 saturated heterocycles. The van der Waals surface area contributed by atoms with Gasteiger partial charge in [0.15, 0.2) is 12.2 Å². The Kier molecular flexibility index (Phi) is 57.5. The third-order valence-corrected chi connectivity index (χ3v) is 16.9. The van der Waals surface area contributed by atoms with Gasteiger partial charge in [-0.3, -0.25) is 37.3 Å². The van der Waals surface area contributed by atoms with Gasteiger partial charge in [-0.15, -0.1) is 0 Å². The Balaban J connectivity index is 5.27. The summed E-state index contributed by atoms with van der Waals surface area (Å²) in [7, 11) is -9.90. The molecule has 85 heavy (non-hydrogen) atoms. The highest BCUT2D eigenvalue weighted by molar-refractivity contribution is 7.47. The molecule has 6 atom stereocenters. The number of rotatable bonds is 64. The third-order valence-electron chi connectivity index (χ3n) is 15.0. The minimum atomic E-state index is -4.95. The fraction of sp³-hybridized carbons (Fsp3) is 0.879. The molecule has 0 heterocycles. The Hall–Kier alpha value is -2.46. The van der Waals surface area contributed by atoms with Crippen molar-refractivity contribution in [3.05, 3.63) is 24.3 Å². The molecule has 0 fully saturated rings. The Morgan fingerprint density at radius 3 is 1.00 bits per heavy atom. The van der Waals surface area contributed by atoms with Crippen molar-refractivity contribution < 1.29 is 80.2 Å². The number of phosphoric ester groups is 2. The van der Waals surface area contributed by atoms with Gasteiger partial charge in [-0.25, -0.2) is 9.13 Å². The number of aliphatic hydroxyl groups is 1. The number of hydrogen-bond donors (Lipinski definition) is 3. The largest absolute Gasteiger partial charge is 0.472 e. The van der Waals surface area contributed by atoms with E-state index < -0.39 is 97.5 Å². The fourth-order valence-electron chi connectivity index (χ4n) is 9.36. The molecule has 3 N–H and O–H groups in total. The van der Waals surface area contributed by atoms with Crippen LogP contribution < -0.4 is 0 Å². The van der Waals surface area contributed by atoms with Gasteiger partial charge >= 0.3 is 39.5 Å². The molecule has 0 spiro atoms. The van der Waals surface area contributed by atoms with Gasteiger partial charge in [0.2, 0.25) is 0 Å². The van der Waals surface area contributed by atoms with Crippen molar-refractivity contribution in [1.29, 1.82) is 0 Å². The Morgan fingerprint density at radius 1 is 0.376 bits per heavy atom. The average Bonchev–Trinajstić information content (AvgIpc) is 3.56. The molecule has 0 aromatic heterocycles. The van der Waals surface area contributed by atoms with Crippen LogP contribution in [-0.2, 0) is 65.4 Å². The van der Waals surface area contributed by atoms with Crippen LogP contribution in [0.15, 0.2) is 24.3 Å². The number of hydrogen-bond acceptors (Lipinski definition) is 15. The highest BCUT2D eigenvalue weighted by Gasteiger charge is 2.30. The first-order valence-corrected chi connectivity index (χ1v) is 37.0. The van der Waals surface area contributed by atoms with Crippen molar-refractivity contribution in [1.82, 2.24) is 0 Å². The molecule has 0 amide bonds. The van der Waals surface area contributed by atoms with E-state index in [9.17, 15) is 43.2 Å². The van der Waals surface area contributed by atoms with Gasteiger partial charge in [0.05, 0.1) is 26.4 Å². The maximum Gasteiger partial charge on any atom is 0.472 e. The highest BCUT2D eigenvalue weighted by Crippen LogP contribution is 2.45. The van der Waals surface area contributed by atoms with Crippen LogP contribution >= 0.6 is 15.6 Å². The van der Waals surface area contributed by atoms with Gasteiger partial charge in [0, 0.05) is 25.7 Å². The predicted octanol–water partition coefficient (Wildman–Crippen LogP) is 18.1. The monoisotopic (exact) mass is 1250 g/mol. The summed E-state index contributed by atoms with van der Waals surface area (Å²) in [6, 6.07) is 0. The number of allylic oxidation sites excluding steroid dienone is 4. The average molecular weight is 1250 g/mol. The lowest BCUT2D eigenvalue weighted by Gasteiger charge is -2.21. The Bertz CT molecular complexity index is 1750. The van der Waals surface area contributed by atoms with Crippen molar-refractivity contribution in [2.24, 2.45) is 5.92 Å². The predicted molar refractivity (Wildman–Crippen MR) is 340 cm³/mol. The van der Waals surface area contributed by atoms with Crippen LogP contribution in [0.2, 0.25) is 0 Å². The van der Waals surface area contributed by atoms with Crippen LogP contribution in [0, 0.1) is 5.92 Å². The Labute approximate surface area is 516 Å². The van der Waals surface area contributed by atoms with E-state index in [0.717, 1.165) is 115 Å². The number of ether oxygens (including phenoxy) is 4. The second-order valence-corrected chi connectivity index (χ2v) is 26.3. The van der Waals surface area contributed by atoms with Crippen LogP contribution in [-0.4, -0.2) is 96.7 Å². The maximum atomic E-state index is 13.0. The fourth-order valence-corrected chi connectivity index (χ4v) is 10.9. The van der Waals surface area contributed by atoms with E-state index in [0.29, 0.717) is 25.7 Å². The molecule has 17 nitrogen and oxygen atoms in total. The normalized spacial score (nSPS) is 14.7. The first kappa shape index (κ1) is 82.5. The molecule has 0 bridgehead atoms. The summed E-state index contributed by atoms with van der Waals surface area (Å²) in [4.78, 5) is 72.2. The highest BCUT2D eigenvalue weighted by atomic mass is 31.2. The molecule has 0 aliphatic heterocycles. The van der Waals surface area contributed by atoms with Crippen LogP contribution in [0.5, 0.6) is 0 Å². The zero-order chi connectivity index (χ0) is 62.8. The zero-order valence-electron chi connectivity index (χ0n) is 54.2. The number of phosphoric acid groups is 2. The van der Waals surface area contributed by atoms with E-state index in [1.165, 1.54) is 116 Å². The number of unbranched alkanes of at least 4 members (excludes halogenated alkanes) is 32. The lowest BCUT2D eigenvalue weighted by atomic mass is 10.00. The van der Waals surface area contributed by atoms with Gasteiger partial charge in [-0.05, 0) is 57.3 Å². The van der Waals surface area contributed by atoms with Crippen molar-refractivity contribution >= 4 is 39.5 Å². The van der Waals surface area contributed by atoms with Gasteiger partial charge in [0.25, 0.3) is 0 Å². The zero-order valence-corrected chi connectivity index (χ0v) is 56.0. The summed E-state index contributed by atoms with van der Waals surface area (Å²) in [5.41, 5.74) is 0. The van der Waals surface area contributed by atoms with Crippen LogP contribution in [0.25, 0.3) is 0 Å². The summed E-state index contributed by atoms with van der Waals surface area (Å²) in [6.45, 7) is 7.07. The van der Waals surface area contributed by atoms with E-state index in [1.807, 2.05) is 0 Å². The van der Waals surface area contributed by atoms with Gasteiger partial charge in [-0.1, -0.05) is 258 Å². The molecule has 0 saturated carbocycles. The van der Waals surface area contributed by atoms with Crippen molar-refractivity contribution in [2.75, 3.05) is 39.6 Å². The molecule has 0 aliphatic rings. The van der Waals surface area contributed by atoms with Crippen molar-refractivity contribution in [2.45, 2.75) is 329 Å². The molecule has 3 unspecified atom stereocenters. The summed E-state index contributed by atoms with van der Waals surface area (Å²) in [5, 5.41) is 10.5. The standard InChI is InChI=1S/C66H124O17P2/c1-6-10-13-16-19-22-24-26-27-28-30-32-35-41-46-51-65(70)82-61(55-77-64(69)50-45-40-34-31-29-25-23-20-17-14-11-7-2)57-80-84(72,73)78-53-60(67)54-79-85(74,75)81-58-62(56-76-63(68)49-44-39-33-21-18-15-12-8-3)83-66(71)52-47-42-37-36-38-43-48-59(5)9-4/h22,24,26-27,59-62,67H,6-21,23,25,28-58H2,1-5H3,(H,72,73)(H,74,75)/b24-22-,27-26-/t59?,60-,61-,62-/m1/s1. The van der Waals surface area contributed by atoms with Gasteiger partial charge < -0.3 is 33.8 Å². The minimum Gasteiger partial charge on any atom is -0.462 e. The minimum absolute atomic E-state index is 0.0851. The molecule has 0 aromatic rings. The number of aliphatic hydroxyl groups excluding tert-OH is 1. The molecule has 500 valence electrons. The molecular weight excluding hydrogens is 1130 g/mol. The first-order valence-electron chi connectivity index (χ1n) is 34.0. The van der Waals surface area contributed by atoms with Gasteiger partial charge in [0.1, 0.15) is 19.3 Å². The molecule has 0 aromatic carbocycles. The van der Waals surface area contributed by atoms with Crippen molar-refractivity contribution in [3.63, 3.8) is 0 Å². The van der Waals surface area contributed by atoms with E-state index in [2.05, 4.69) is 58.9 Å². The van der Waals surface area contributed by atoms with E-state index >= 15 is 0 Å². The number of esters is 4. The quantitative estimate of drug-likeness (QED) is 0.0169. The third kappa shape index (κ3) is 59.0. The Morgan fingerprint density at radius 2 is 0.659 bits per heavy atom. The summed E-state index contributed by atoms with van der Waals surface area (Å²) in [5.74, 6) is -1.45. The SMILES string of the molecule is CCCCCC/C=C\C=C/CCCCCCCC(=O)O[C@H](COC(=O)CCCCCCCCCCCCCC)COP(=O)(O)OC[C@@H](O)COP(=O)(O)OC[C@@H](COC(=O)CCCCCCCCCC)OC(=O)CCCCCCCCC(C)CC. The van der Waals surface area contributed by atoms with Gasteiger partial charge in [-0.2, -0.15) is 0 Å².